The average molecular weight is 332 g/mol. The van der Waals surface area contributed by atoms with Gasteiger partial charge in [-0.05, 0) is 45.2 Å². The van der Waals surface area contributed by atoms with Gasteiger partial charge in [0.05, 0.1) is 31.4 Å². The first-order valence-electron chi connectivity index (χ1n) is 8.37. The quantitative estimate of drug-likeness (QED) is 0.783. The van der Waals surface area contributed by atoms with Gasteiger partial charge in [-0.25, -0.2) is 4.79 Å². The van der Waals surface area contributed by atoms with Gasteiger partial charge in [0.2, 0.25) is 0 Å². The number of fused-ring (bicyclic) bond motifs is 1. The third-order valence-corrected chi connectivity index (χ3v) is 4.42. The third-order valence-electron chi connectivity index (χ3n) is 4.42. The molecule has 24 heavy (non-hydrogen) atoms. The van der Waals surface area contributed by atoms with E-state index >= 15 is 0 Å². The summed E-state index contributed by atoms with van der Waals surface area (Å²) in [6, 6.07) is 3.29. The van der Waals surface area contributed by atoms with Crippen molar-refractivity contribution in [2.45, 2.75) is 51.7 Å². The van der Waals surface area contributed by atoms with Gasteiger partial charge in [0.15, 0.2) is 0 Å². The average Bonchev–Trinajstić information content (AvgIpc) is 3.15. The lowest BCUT2D eigenvalue weighted by molar-refractivity contribution is 0.230. The Hall–Kier alpha value is -2.28. The molecule has 2 amide bonds. The normalized spacial score (nSPS) is 18.0. The Morgan fingerprint density at radius 3 is 3.08 bits per heavy atom. The number of amides is 2. The molecule has 0 bridgehead atoms. The first-order chi connectivity index (χ1) is 11.6. The summed E-state index contributed by atoms with van der Waals surface area (Å²) in [5.41, 5.74) is 2.15. The summed E-state index contributed by atoms with van der Waals surface area (Å²) in [6.07, 6.45) is 4.60. The van der Waals surface area contributed by atoms with E-state index in [1.54, 1.807) is 6.20 Å². The Bertz CT molecular complexity index is 707. The van der Waals surface area contributed by atoms with Crippen molar-refractivity contribution in [1.29, 1.82) is 0 Å². The zero-order valence-electron chi connectivity index (χ0n) is 14.1. The van der Waals surface area contributed by atoms with Crippen LogP contribution in [0, 0.1) is 6.92 Å². The Balaban J connectivity index is 1.63. The molecule has 2 aromatic heterocycles. The van der Waals surface area contributed by atoms with Gasteiger partial charge in [0.1, 0.15) is 11.5 Å². The number of aliphatic hydroxyl groups excluding tert-OH is 1. The lowest BCUT2D eigenvalue weighted by Gasteiger charge is -2.25. The van der Waals surface area contributed by atoms with E-state index in [0.29, 0.717) is 6.54 Å². The molecule has 2 heterocycles. The fourth-order valence-corrected chi connectivity index (χ4v) is 3.21. The van der Waals surface area contributed by atoms with Crippen molar-refractivity contribution in [3.63, 3.8) is 0 Å². The Morgan fingerprint density at radius 1 is 1.54 bits per heavy atom. The van der Waals surface area contributed by atoms with Crippen LogP contribution in [-0.2, 0) is 13.0 Å². The second kappa shape index (κ2) is 7.09. The molecule has 0 unspecified atom stereocenters. The highest BCUT2D eigenvalue weighted by Crippen LogP contribution is 2.29. The van der Waals surface area contributed by atoms with Crippen LogP contribution in [0.15, 0.2) is 22.7 Å². The third kappa shape index (κ3) is 3.46. The van der Waals surface area contributed by atoms with Crippen molar-refractivity contribution < 1.29 is 14.3 Å². The van der Waals surface area contributed by atoms with Crippen LogP contribution in [0.4, 0.5) is 4.79 Å². The molecule has 130 valence electrons. The molecule has 2 atom stereocenters. The number of nitrogens with zero attached hydrogens (tertiary/aromatic N) is 2. The minimum atomic E-state index is -0.218. The molecule has 1 aliphatic carbocycles. The number of hydrogen-bond acceptors (Lipinski definition) is 4. The van der Waals surface area contributed by atoms with Crippen LogP contribution in [0.2, 0.25) is 0 Å². The summed E-state index contributed by atoms with van der Waals surface area (Å²) >= 11 is 0. The molecule has 7 nitrogen and oxygen atoms in total. The molecule has 2 aromatic rings. The number of urea groups is 1. The molecule has 0 saturated heterocycles. The summed E-state index contributed by atoms with van der Waals surface area (Å²) in [4.78, 5) is 12.3. The van der Waals surface area contributed by atoms with Gasteiger partial charge in [-0.3, -0.25) is 4.68 Å². The zero-order chi connectivity index (χ0) is 17.1. The van der Waals surface area contributed by atoms with Crippen LogP contribution in [-0.4, -0.2) is 27.5 Å². The molecule has 0 saturated carbocycles. The molecule has 0 aliphatic heterocycles. The number of carbonyl (C=O) groups is 1. The van der Waals surface area contributed by atoms with E-state index < -0.39 is 0 Å². The highest BCUT2D eigenvalue weighted by Gasteiger charge is 2.26. The minimum Gasteiger partial charge on any atom is -0.464 e. The van der Waals surface area contributed by atoms with Crippen LogP contribution in [0.25, 0.3) is 0 Å². The van der Waals surface area contributed by atoms with E-state index in [0.717, 1.165) is 42.0 Å². The van der Waals surface area contributed by atoms with Gasteiger partial charge in [-0.1, -0.05) is 0 Å². The lowest BCUT2D eigenvalue weighted by Crippen LogP contribution is -2.40. The maximum atomic E-state index is 12.3. The van der Waals surface area contributed by atoms with Crippen molar-refractivity contribution in [2.24, 2.45) is 0 Å². The molecular formula is C17H24N4O3. The topological polar surface area (TPSA) is 92.3 Å². The zero-order valence-corrected chi connectivity index (χ0v) is 14.1. The second-order valence-electron chi connectivity index (χ2n) is 6.23. The van der Waals surface area contributed by atoms with Gasteiger partial charge >= 0.3 is 6.03 Å². The van der Waals surface area contributed by atoms with E-state index in [2.05, 4.69) is 15.7 Å². The number of aromatic nitrogens is 2. The fraction of sp³-hybridized carbons (Fsp3) is 0.529. The highest BCUT2D eigenvalue weighted by molar-refractivity contribution is 5.75. The SMILES string of the molecule is Cc1ccc([C@@H](C)NC(=O)N[C@H]2CCCc3c2cnn3CCO)o1. The number of aryl methyl sites for hydroxylation is 1. The van der Waals surface area contributed by atoms with E-state index in [-0.39, 0.29) is 24.7 Å². The van der Waals surface area contributed by atoms with E-state index in [9.17, 15) is 4.79 Å². The summed E-state index contributed by atoms with van der Waals surface area (Å²) in [5.74, 6) is 1.56. The van der Waals surface area contributed by atoms with Crippen molar-refractivity contribution in [1.82, 2.24) is 20.4 Å². The van der Waals surface area contributed by atoms with Crippen molar-refractivity contribution in [2.75, 3.05) is 6.61 Å². The van der Waals surface area contributed by atoms with Gasteiger partial charge in [0, 0.05) is 11.3 Å². The van der Waals surface area contributed by atoms with Gasteiger partial charge in [0.25, 0.3) is 0 Å². The summed E-state index contributed by atoms with van der Waals surface area (Å²) in [7, 11) is 0. The molecule has 3 N–H and O–H groups in total. The largest absolute Gasteiger partial charge is 0.464 e. The number of rotatable bonds is 5. The van der Waals surface area contributed by atoms with Crippen molar-refractivity contribution >= 4 is 6.03 Å². The van der Waals surface area contributed by atoms with Crippen LogP contribution < -0.4 is 10.6 Å². The molecule has 0 radical (unpaired) electrons. The molecule has 0 fully saturated rings. The van der Waals surface area contributed by atoms with Crippen LogP contribution >= 0.6 is 0 Å². The van der Waals surface area contributed by atoms with Gasteiger partial charge in [-0.2, -0.15) is 5.10 Å². The molecule has 1 aliphatic rings. The van der Waals surface area contributed by atoms with Crippen LogP contribution in [0.5, 0.6) is 0 Å². The van der Waals surface area contributed by atoms with Crippen LogP contribution in [0.3, 0.4) is 0 Å². The standard InChI is InChI=1S/C17H24N4O3/c1-11-6-7-16(24-11)12(2)19-17(23)20-14-4-3-5-15-13(14)10-18-21(15)8-9-22/h6-7,10,12,14,22H,3-5,8-9H2,1-2H3,(H2,19,20,23)/t12-,14+/m1/s1. The molecule has 3 rings (SSSR count). The van der Waals surface area contributed by atoms with Gasteiger partial charge < -0.3 is 20.2 Å². The highest BCUT2D eigenvalue weighted by atomic mass is 16.3. The van der Waals surface area contributed by atoms with E-state index in [1.807, 2.05) is 30.7 Å². The fourth-order valence-electron chi connectivity index (χ4n) is 3.21. The Labute approximate surface area is 141 Å². The number of nitrogens with one attached hydrogen (secondary N) is 2. The summed E-state index contributed by atoms with van der Waals surface area (Å²) in [5, 5.41) is 19.4. The van der Waals surface area contributed by atoms with Crippen molar-refractivity contribution in [3.05, 3.63) is 41.1 Å². The number of aliphatic hydroxyl groups is 1. The summed E-state index contributed by atoms with van der Waals surface area (Å²) < 4.78 is 7.37. The maximum Gasteiger partial charge on any atom is 0.315 e. The molecule has 7 heteroatoms. The van der Waals surface area contributed by atoms with E-state index in [1.165, 1.54) is 0 Å². The second-order valence-corrected chi connectivity index (χ2v) is 6.23. The number of furan rings is 1. The minimum absolute atomic E-state index is 0.0493. The first-order valence-corrected chi connectivity index (χ1v) is 8.37. The monoisotopic (exact) mass is 332 g/mol. The van der Waals surface area contributed by atoms with Crippen molar-refractivity contribution in [3.8, 4) is 0 Å². The van der Waals surface area contributed by atoms with Gasteiger partial charge in [-0.15, -0.1) is 0 Å². The number of hydrogen-bond donors (Lipinski definition) is 3. The molecular weight excluding hydrogens is 308 g/mol. The Kier molecular flexibility index (Phi) is 4.89. The lowest BCUT2D eigenvalue weighted by atomic mass is 9.93. The summed E-state index contributed by atoms with van der Waals surface area (Å²) in [6.45, 7) is 4.32. The Morgan fingerprint density at radius 2 is 2.38 bits per heavy atom. The predicted octanol–water partition coefficient (Wildman–Crippen LogP) is 2.21. The van der Waals surface area contributed by atoms with E-state index in [4.69, 9.17) is 9.52 Å². The smallest absolute Gasteiger partial charge is 0.315 e. The predicted molar refractivity (Wildman–Crippen MR) is 88.5 cm³/mol. The molecule has 0 aromatic carbocycles. The first kappa shape index (κ1) is 16.6. The number of carbonyl (C=O) groups excluding carboxylic acids is 1. The van der Waals surface area contributed by atoms with Crippen LogP contribution in [0.1, 0.15) is 54.6 Å². The maximum absolute atomic E-state index is 12.3. The molecule has 0 spiro atoms.